The molecule has 0 radical (unpaired) electrons. The highest BCUT2D eigenvalue weighted by atomic mass is 19.1. The molecule has 0 aliphatic rings. The van der Waals surface area contributed by atoms with Crippen molar-refractivity contribution in [3.8, 4) is 5.75 Å². The number of anilines is 3. The van der Waals surface area contributed by atoms with Gasteiger partial charge in [-0.25, -0.2) is 9.37 Å². The fraction of sp³-hybridized carbons (Fsp3) is 0.214. The molecule has 1 aromatic heterocycles. The van der Waals surface area contributed by atoms with E-state index in [9.17, 15) is 4.39 Å². The lowest BCUT2D eigenvalue weighted by atomic mass is 10.2. The molecule has 0 unspecified atom stereocenters. The Morgan fingerprint density at radius 3 is 2.47 bits per heavy atom. The van der Waals surface area contributed by atoms with Gasteiger partial charge in [0, 0.05) is 25.8 Å². The summed E-state index contributed by atoms with van der Waals surface area (Å²) in [5.41, 5.74) is 1.58. The molecule has 0 amide bonds. The van der Waals surface area contributed by atoms with E-state index in [4.69, 9.17) is 4.74 Å². The molecule has 1 N–H and O–H groups in total. The molecule has 2 rings (SSSR count). The fourth-order valence-electron chi connectivity index (χ4n) is 1.63. The molecule has 1 aromatic carbocycles. The molecule has 0 aliphatic heterocycles. The predicted molar refractivity (Wildman–Crippen MR) is 74.8 cm³/mol. The second kappa shape index (κ2) is 5.56. The minimum absolute atomic E-state index is 0.211. The zero-order valence-corrected chi connectivity index (χ0v) is 11.1. The average molecular weight is 261 g/mol. The van der Waals surface area contributed by atoms with Gasteiger partial charge in [0.25, 0.3) is 0 Å². The van der Waals surface area contributed by atoms with E-state index >= 15 is 0 Å². The average Bonchev–Trinajstić information content (AvgIpc) is 2.41. The third kappa shape index (κ3) is 3.13. The first-order valence-electron chi connectivity index (χ1n) is 5.84. The molecule has 0 saturated heterocycles. The number of benzene rings is 1. The van der Waals surface area contributed by atoms with Gasteiger partial charge in [0.2, 0.25) is 0 Å². The van der Waals surface area contributed by atoms with Gasteiger partial charge in [-0.3, -0.25) is 0 Å². The highest BCUT2D eigenvalue weighted by molar-refractivity contribution is 5.61. The van der Waals surface area contributed by atoms with E-state index < -0.39 is 0 Å². The normalized spacial score (nSPS) is 10.1. The summed E-state index contributed by atoms with van der Waals surface area (Å²) in [6.45, 7) is 0. The maximum atomic E-state index is 13.3. The topological polar surface area (TPSA) is 37.4 Å². The van der Waals surface area contributed by atoms with Crippen LogP contribution in [0.15, 0.2) is 36.5 Å². The lowest BCUT2D eigenvalue weighted by Gasteiger charge is -2.12. The van der Waals surface area contributed by atoms with Crippen molar-refractivity contribution in [3.63, 3.8) is 0 Å². The van der Waals surface area contributed by atoms with Gasteiger partial charge in [0.05, 0.1) is 19.0 Å². The Morgan fingerprint density at radius 2 is 1.89 bits per heavy atom. The molecule has 0 aliphatic carbocycles. The van der Waals surface area contributed by atoms with Gasteiger partial charge >= 0.3 is 0 Å². The van der Waals surface area contributed by atoms with Gasteiger partial charge < -0.3 is 15.0 Å². The Bertz CT molecular complexity index is 555. The molecule has 19 heavy (non-hydrogen) atoms. The monoisotopic (exact) mass is 261 g/mol. The van der Waals surface area contributed by atoms with Crippen LogP contribution >= 0.6 is 0 Å². The van der Waals surface area contributed by atoms with Gasteiger partial charge in [-0.2, -0.15) is 0 Å². The van der Waals surface area contributed by atoms with E-state index in [1.807, 2.05) is 31.1 Å². The first-order valence-corrected chi connectivity index (χ1v) is 5.84. The van der Waals surface area contributed by atoms with Crippen LogP contribution in [-0.4, -0.2) is 26.2 Å². The van der Waals surface area contributed by atoms with Crippen LogP contribution in [0.2, 0.25) is 0 Å². The molecule has 2 aromatic rings. The summed E-state index contributed by atoms with van der Waals surface area (Å²) in [4.78, 5) is 6.21. The SMILES string of the molecule is COc1cc(Nc2ccc(N(C)C)nc2)ccc1F. The van der Waals surface area contributed by atoms with Crippen LogP contribution in [0.3, 0.4) is 0 Å². The van der Waals surface area contributed by atoms with Crippen LogP contribution in [0.5, 0.6) is 5.75 Å². The smallest absolute Gasteiger partial charge is 0.165 e. The Labute approximate surface area is 111 Å². The van der Waals surface area contributed by atoms with Gasteiger partial charge in [-0.05, 0) is 24.3 Å². The van der Waals surface area contributed by atoms with Gasteiger partial charge in [-0.15, -0.1) is 0 Å². The second-order valence-electron chi connectivity index (χ2n) is 4.27. The quantitative estimate of drug-likeness (QED) is 0.918. The van der Waals surface area contributed by atoms with Crippen molar-refractivity contribution in [2.45, 2.75) is 0 Å². The van der Waals surface area contributed by atoms with Crippen LogP contribution in [0.1, 0.15) is 0 Å². The molecular formula is C14H16FN3O. The molecule has 100 valence electrons. The van der Waals surface area contributed by atoms with Crippen LogP contribution in [-0.2, 0) is 0 Å². The molecule has 0 spiro atoms. The number of pyridine rings is 1. The number of nitrogens with one attached hydrogen (secondary N) is 1. The molecule has 0 saturated carbocycles. The van der Waals surface area contributed by atoms with Crippen LogP contribution in [0.25, 0.3) is 0 Å². The fourth-order valence-corrected chi connectivity index (χ4v) is 1.63. The number of methoxy groups -OCH3 is 1. The maximum Gasteiger partial charge on any atom is 0.165 e. The van der Waals surface area contributed by atoms with Crippen LogP contribution in [0, 0.1) is 5.82 Å². The minimum atomic E-state index is -0.380. The number of nitrogens with zero attached hydrogens (tertiary/aromatic N) is 2. The summed E-state index contributed by atoms with van der Waals surface area (Å²) in [5, 5.41) is 3.14. The third-order valence-corrected chi connectivity index (χ3v) is 2.65. The highest BCUT2D eigenvalue weighted by Crippen LogP contribution is 2.24. The molecule has 1 heterocycles. The van der Waals surface area contributed by atoms with Gasteiger partial charge in [-0.1, -0.05) is 0 Å². The third-order valence-electron chi connectivity index (χ3n) is 2.65. The summed E-state index contributed by atoms with van der Waals surface area (Å²) < 4.78 is 18.2. The molecule has 0 atom stereocenters. The van der Waals surface area contributed by atoms with Crippen LogP contribution in [0.4, 0.5) is 21.6 Å². The highest BCUT2D eigenvalue weighted by Gasteiger charge is 2.04. The summed E-state index contributed by atoms with van der Waals surface area (Å²) in [6, 6.07) is 8.44. The van der Waals surface area contributed by atoms with E-state index in [0.717, 1.165) is 17.2 Å². The van der Waals surface area contributed by atoms with Crippen molar-refractivity contribution in [1.82, 2.24) is 4.98 Å². The van der Waals surface area contributed by atoms with Crippen molar-refractivity contribution in [2.75, 3.05) is 31.4 Å². The summed E-state index contributed by atoms with van der Waals surface area (Å²) in [6.07, 6.45) is 1.73. The van der Waals surface area contributed by atoms with Gasteiger partial charge in [0.15, 0.2) is 11.6 Å². The van der Waals surface area contributed by atoms with E-state index in [1.54, 1.807) is 18.3 Å². The standard InChI is InChI=1S/C14H16FN3O/c1-18(2)14-7-5-11(9-16-14)17-10-4-6-12(15)13(8-10)19-3/h4-9,17H,1-3H3. The van der Waals surface area contributed by atoms with E-state index in [1.165, 1.54) is 13.2 Å². The number of halogens is 1. The Balaban J connectivity index is 2.16. The maximum absolute atomic E-state index is 13.3. The zero-order valence-electron chi connectivity index (χ0n) is 11.1. The minimum Gasteiger partial charge on any atom is -0.494 e. The molecular weight excluding hydrogens is 245 g/mol. The summed E-state index contributed by atoms with van der Waals surface area (Å²) in [7, 11) is 5.30. The van der Waals surface area contributed by atoms with Crippen molar-refractivity contribution in [3.05, 3.63) is 42.3 Å². The summed E-state index contributed by atoms with van der Waals surface area (Å²) >= 11 is 0. The van der Waals surface area contributed by atoms with E-state index in [2.05, 4.69) is 10.3 Å². The largest absolute Gasteiger partial charge is 0.494 e. The number of ether oxygens (including phenoxy) is 1. The predicted octanol–water partition coefficient (Wildman–Crippen LogP) is 3.04. The number of hydrogen-bond donors (Lipinski definition) is 1. The lowest BCUT2D eigenvalue weighted by molar-refractivity contribution is 0.387. The molecule has 4 nitrogen and oxygen atoms in total. The number of rotatable bonds is 4. The van der Waals surface area contributed by atoms with E-state index in [0.29, 0.717) is 0 Å². The number of hydrogen-bond acceptors (Lipinski definition) is 4. The van der Waals surface area contributed by atoms with Gasteiger partial charge in [0.1, 0.15) is 5.82 Å². The molecule has 0 fully saturated rings. The van der Waals surface area contributed by atoms with Crippen molar-refractivity contribution < 1.29 is 9.13 Å². The lowest BCUT2D eigenvalue weighted by Crippen LogP contribution is -2.10. The van der Waals surface area contributed by atoms with Crippen molar-refractivity contribution >= 4 is 17.2 Å². The first kappa shape index (κ1) is 13.1. The molecule has 0 bridgehead atoms. The van der Waals surface area contributed by atoms with Crippen molar-refractivity contribution in [2.24, 2.45) is 0 Å². The number of aromatic nitrogens is 1. The second-order valence-corrected chi connectivity index (χ2v) is 4.27. The summed E-state index contributed by atoms with van der Waals surface area (Å²) in [5.74, 6) is 0.708. The zero-order chi connectivity index (χ0) is 13.8. The Kier molecular flexibility index (Phi) is 3.85. The van der Waals surface area contributed by atoms with Crippen molar-refractivity contribution in [1.29, 1.82) is 0 Å². The Morgan fingerprint density at radius 1 is 1.16 bits per heavy atom. The first-order chi connectivity index (χ1) is 9.10. The molecule has 5 heteroatoms. The van der Waals surface area contributed by atoms with E-state index in [-0.39, 0.29) is 11.6 Å². The van der Waals surface area contributed by atoms with Crippen LogP contribution < -0.4 is 15.0 Å². The Hall–Kier alpha value is -2.30.